The van der Waals surface area contributed by atoms with Gasteiger partial charge in [0.2, 0.25) is 0 Å². The molecular weight excluding hydrogens is 568 g/mol. The van der Waals surface area contributed by atoms with Gasteiger partial charge in [0, 0.05) is 25.7 Å². The summed E-state index contributed by atoms with van der Waals surface area (Å²) in [5.41, 5.74) is 0.966. The van der Waals surface area contributed by atoms with Gasteiger partial charge in [-0.2, -0.15) is 8.42 Å². The minimum absolute atomic E-state index is 0.117. The molecule has 0 radical (unpaired) electrons. The van der Waals surface area contributed by atoms with Crippen LogP contribution in [0.5, 0.6) is 0 Å². The van der Waals surface area contributed by atoms with Crippen molar-refractivity contribution in [3.8, 4) is 0 Å². The number of aliphatic hydroxyl groups is 1. The van der Waals surface area contributed by atoms with E-state index in [9.17, 15) is 18.3 Å². The summed E-state index contributed by atoms with van der Waals surface area (Å²) in [4.78, 5) is 11.9. The van der Waals surface area contributed by atoms with Crippen molar-refractivity contribution < 1.29 is 36.7 Å². The molecule has 43 heavy (non-hydrogen) atoms. The topological polar surface area (TPSA) is 108 Å². The van der Waals surface area contributed by atoms with E-state index in [1.807, 2.05) is 32.9 Å². The highest BCUT2D eigenvalue weighted by Crippen LogP contribution is 2.43. The summed E-state index contributed by atoms with van der Waals surface area (Å²) in [6, 6.07) is 6.64. The molecule has 1 N–H and O–H groups in total. The van der Waals surface area contributed by atoms with Gasteiger partial charge in [-0.3, -0.25) is 8.98 Å². The van der Waals surface area contributed by atoms with Crippen LogP contribution in [0.25, 0.3) is 0 Å². The van der Waals surface area contributed by atoms with E-state index in [1.54, 1.807) is 24.3 Å². The number of allylic oxidation sites excluding steroid dienone is 2. The predicted octanol–water partition coefficient (Wildman–Crippen LogP) is 7.02. The zero-order chi connectivity index (χ0) is 31.3. The summed E-state index contributed by atoms with van der Waals surface area (Å²) in [6.45, 7) is 8.90. The summed E-state index contributed by atoms with van der Waals surface area (Å²) < 4.78 is 49.9. The summed E-state index contributed by atoms with van der Waals surface area (Å²) in [6.07, 6.45) is 13.1. The highest BCUT2D eigenvalue weighted by molar-refractivity contribution is 7.86. The van der Waals surface area contributed by atoms with Gasteiger partial charge in [0.1, 0.15) is 0 Å². The molecule has 1 aliphatic carbocycles. The molecule has 1 saturated heterocycles. The van der Waals surface area contributed by atoms with E-state index in [2.05, 4.69) is 6.92 Å². The van der Waals surface area contributed by atoms with Crippen LogP contribution in [0.3, 0.4) is 0 Å². The second-order valence-corrected chi connectivity index (χ2v) is 14.1. The normalized spacial score (nSPS) is 23.9. The van der Waals surface area contributed by atoms with Crippen molar-refractivity contribution in [3.63, 3.8) is 0 Å². The molecular formula is C34H54O8S. The summed E-state index contributed by atoms with van der Waals surface area (Å²) in [5, 5.41) is 11.1. The number of carbonyl (C=O) groups is 1. The maximum atomic E-state index is 13.3. The number of unbranched alkanes of at least 4 members (excludes halogenated alkanes) is 5. The molecule has 1 aromatic carbocycles. The lowest BCUT2D eigenvalue weighted by molar-refractivity contribution is -0.171. The smallest absolute Gasteiger partial charge is 0.306 e. The lowest BCUT2D eigenvalue weighted by atomic mass is 9.85. The number of aliphatic hydroxyl groups excluding tert-OH is 1. The van der Waals surface area contributed by atoms with E-state index >= 15 is 0 Å². The van der Waals surface area contributed by atoms with E-state index in [4.69, 9.17) is 18.4 Å². The Labute approximate surface area is 259 Å². The van der Waals surface area contributed by atoms with Gasteiger partial charge in [0.15, 0.2) is 5.79 Å². The van der Waals surface area contributed by atoms with E-state index in [0.717, 1.165) is 31.2 Å². The first-order chi connectivity index (χ1) is 20.5. The van der Waals surface area contributed by atoms with Crippen LogP contribution in [-0.4, -0.2) is 56.8 Å². The number of rotatable bonds is 19. The summed E-state index contributed by atoms with van der Waals surface area (Å²) in [7, 11) is -4.00. The average molecular weight is 623 g/mol. The van der Waals surface area contributed by atoms with Gasteiger partial charge < -0.3 is 19.3 Å². The zero-order valence-electron chi connectivity index (χ0n) is 26.7. The van der Waals surface area contributed by atoms with Crippen LogP contribution < -0.4 is 0 Å². The van der Waals surface area contributed by atoms with E-state index in [-0.39, 0.29) is 35.2 Å². The number of hydrogen-bond donors (Lipinski definition) is 1. The molecule has 1 heterocycles. The monoisotopic (exact) mass is 622 g/mol. The van der Waals surface area contributed by atoms with Crippen LogP contribution in [0.4, 0.5) is 0 Å². The van der Waals surface area contributed by atoms with Crippen LogP contribution in [-0.2, 0) is 33.3 Å². The zero-order valence-corrected chi connectivity index (χ0v) is 27.5. The molecule has 0 spiro atoms. The fourth-order valence-electron chi connectivity index (χ4n) is 6.27. The standard InChI is InChI=1S/C34H54O8S/c1-5-6-7-10-13-21-34(39-23-24-40-34)22-20-30-29(14-11-8-9-12-15-33(36)41-26(2)3)31(35)25-32(30)42-43(37,38)28-18-16-27(4)17-19-28/h8,11,16-19,26,29-32,35H,5-7,9-10,12-15,20-25H2,1-4H3/b11-8-/t29?,30-,31+,32-/m1/s1. The largest absolute Gasteiger partial charge is 0.463 e. The summed E-state index contributed by atoms with van der Waals surface area (Å²) in [5.74, 6) is -1.21. The number of benzene rings is 1. The van der Waals surface area contributed by atoms with Crippen molar-refractivity contribution in [2.75, 3.05) is 13.2 Å². The quantitative estimate of drug-likeness (QED) is 0.0759. The minimum atomic E-state index is -4.00. The molecule has 2 aliphatic rings. The molecule has 0 bridgehead atoms. The molecule has 2 fully saturated rings. The molecule has 3 rings (SSSR count). The Morgan fingerprint density at radius 3 is 2.40 bits per heavy atom. The number of hydrogen-bond acceptors (Lipinski definition) is 8. The van der Waals surface area contributed by atoms with E-state index in [1.165, 1.54) is 19.3 Å². The predicted molar refractivity (Wildman–Crippen MR) is 167 cm³/mol. The van der Waals surface area contributed by atoms with Gasteiger partial charge >= 0.3 is 5.97 Å². The third-order valence-corrected chi connectivity index (χ3v) is 9.93. The lowest BCUT2D eigenvalue weighted by Crippen LogP contribution is -2.33. The van der Waals surface area contributed by atoms with Crippen LogP contribution in [0, 0.1) is 18.8 Å². The van der Waals surface area contributed by atoms with Crippen molar-refractivity contribution in [1.82, 2.24) is 0 Å². The molecule has 4 atom stereocenters. The molecule has 0 aromatic heterocycles. The Bertz CT molecular complexity index is 1090. The van der Waals surface area contributed by atoms with Crippen LogP contribution >= 0.6 is 0 Å². The third-order valence-electron chi connectivity index (χ3n) is 8.58. The molecule has 1 aliphatic heterocycles. The maximum Gasteiger partial charge on any atom is 0.306 e. The van der Waals surface area contributed by atoms with Crippen molar-refractivity contribution >= 4 is 16.1 Å². The van der Waals surface area contributed by atoms with Crippen molar-refractivity contribution in [3.05, 3.63) is 42.0 Å². The molecule has 1 aromatic rings. The Kier molecular flexibility index (Phi) is 14.6. The second kappa shape index (κ2) is 17.6. The fraction of sp³-hybridized carbons (Fsp3) is 0.735. The first kappa shape index (κ1) is 35.7. The third kappa shape index (κ3) is 11.6. The lowest BCUT2D eigenvalue weighted by Gasteiger charge is -2.31. The second-order valence-electron chi connectivity index (χ2n) is 12.5. The number of esters is 1. The van der Waals surface area contributed by atoms with E-state index in [0.29, 0.717) is 45.3 Å². The Hall–Kier alpha value is -1.78. The van der Waals surface area contributed by atoms with Crippen molar-refractivity contribution in [1.29, 1.82) is 0 Å². The molecule has 1 unspecified atom stereocenters. The maximum absolute atomic E-state index is 13.3. The van der Waals surface area contributed by atoms with Crippen LogP contribution in [0.1, 0.15) is 110 Å². The van der Waals surface area contributed by atoms with Crippen molar-refractivity contribution in [2.45, 2.75) is 140 Å². The molecule has 244 valence electrons. The van der Waals surface area contributed by atoms with Gasteiger partial charge in [-0.1, -0.05) is 62.5 Å². The Morgan fingerprint density at radius 1 is 1.02 bits per heavy atom. The number of aryl methyl sites for hydroxylation is 1. The van der Waals surface area contributed by atoms with Gasteiger partial charge in [-0.15, -0.1) is 0 Å². The fourth-order valence-corrected chi connectivity index (χ4v) is 7.39. The Balaban J connectivity index is 1.68. The van der Waals surface area contributed by atoms with E-state index < -0.39 is 28.1 Å². The number of ether oxygens (including phenoxy) is 3. The first-order valence-corrected chi connectivity index (χ1v) is 17.8. The summed E-state index contributed by atoms with van der Waals surface area (Å²) >= 11 is 0. The molecule has 1 saturated carbocycles. The van der Waals surface area contributed by atoms with Crippen LogP contribution in [0.2, 0.25) is 0 Å². The highest BCUT2D eigenvalue weighted by atomic mass is 32.2. The van der Waals surface area contributed by atoms with Crippen molar-refractivity contribution in [2.24, 2.45) is 11.8 Å². The minimum Gasteiger partial charge on any atom is -0.463 e. The number of carbonyl (C=O) groups excluding carboxylic acids is 1. The van der Waals surface area contributed by atoms with Gasteiger partial charge in [-0.05, 0) is 76.8 Å². The van der Waals surface area contributed by atoms with Gasteiger partial charge in [-0.25, -0.2) is 0 Å². The molecule has 0 amide bonds. The van der Waals surface area contributed by atoms with Crippen LogP contribution in [0.15, 0.2) is 41.3 Å². The SMILES string of the molecule is CCCCCCCC1(CC[C@@H]2C(C/C=C\CCCC(=O)OC(C)C)[C@@H](O)C[C@H]2OS(=O)(=O)c2ccc(C)cc2)OCCO1. The van der Waals surface area contributed by atoms with Gasteiger partial charge in [0.25, 0.3) is 10.1 Å². The molecule has 9 heteroatoms. The Morgan fingerprint density at radius 2 is 1.72 bits per heavy atom. The van der Waals surface area contributed by atoms with Gasteiger partial charge in [0.05, 0.1) is 36.4 Å². The highest BCUT2D eigenvalue weighted by Gasteiger charge is 2.46. The molecule has 8 nitrogen and oxygen atoms in total. The average Bonchev–Trinajstić information content (AvgIpc) is 3.53. The first-order valence-electron chi connectivity index (χ1n) is 16.4.